The molecule has 0 saturated heterocycles. The molecule has 0 aliphatic carbocycles. The van der Waals surface area contributed by atoms with Gasteiger partial charge in [0.05, 0.1) is 24.3 Å². The van der Waals surface area contributed by atoms with Gasteiger partial charge in [-0.1, -0.05) is 35.5 Å². The van der Waals surface area contributed by atoms with E-state index in [4.69, 9.17) is 9.57 Å². The Morgan fingerprint density at radius 2 is 2.25 bits per heavy atom. The van der Waals surface area contributed by atoms with Crippen LogP contribution in [0.15, 0.2) is 47.8 Å². The van der Waals surface area contributed by atoms with Gasteiger partial charge in [0, 0.05) is 0 Å². The zero-order chi connectivity index (χ0) is 14.4. The highest BCUT2D eigenvalue weighted by atomic mass is 16.6. The first-order valence-corrected chi connectivity index (χ1v) is 6.24. The van der Waals surface area contributed by atoms with E-state index >= 15 is 0 Å². The first kappa shape index (κ1) is 13.8. The van der Waals surface area contributed by atoms with Crippen molar-refractivity contribution in [2.75, 3.05) is 6.61 Å². The van der Waals surface area contributed by atoms with Gasteiger partial charge in [-0.15, -0.1) is 0 Å². The molecule has 1 aromatic carbocycles. The van der Waals surface area contributed by atoms with Gasteiger partial charge < -0.3 is 9.57 Å². The maximum Gasteiger partial charge on any atom is 0.324 e. The fraction of sp³-hybridized carbons (Fsp3) is 0.267. The van der Waals surface area contributed by atoms with Crippen LogP contribution < -0.4 is 0 Å². The molecule has 5 nitrogen and oxygen atoms in total. The molecule has 1 aliphatic heterocycles. The number of oxime groups is 1. The van der Waals surface area contributed by atoms with Crippen molar-refractivity contribution >= 4 is 12.2 Å². The van der Waals surface area contributed by atoms with Gasteiger partial charge in [-0.25, -0.2) is 0 Å². The van der Waals surface area contributed by atoms with Gasteiger partial charge >= 0.3 is 5.97 Å². The molecule has 0 saturated carbocycles. The number of carbonyl (C=O) groups excluding carboxylic acids is 1. The van der Waals surface area contributed by atoms with Gasteiger partial charge in [0.25, 0.3) is 0 Å². The minimum atomic E-state index is -1.02. The Labute approximate surface area is 117 Å². The summed E-state index contributed by atoms with van der Waals surface area (Å²) in [6.07, 6.45) is 4.49. The normalized spacial score (nSPS) is 21.6. The smallest absolute Gasteiger partial charge is 0.324 e. The maximum absolute atomic E-state index is 12.1. The van der Waals surface area contributed by atoms with Crippen molar-refractivity contribution in [1.82, 2.24) is 0 Å². The summed E-state index contributed by atoms with van der Waals surface area (Å²) in [5.74, 6) is -1.59. The molecule has 102 valence electrons. The zero-order valence-corrected chi connectivity index (χ0v) is 11.0. The van der Waals surface area contributed by atoms with Crippen LogP contribution in [0.5, 0.6) is 0 Å². The van der Waals surface area contributed by atoms with Crippen molar-refractivity contribution in [3.63, 3.8) is 0 Å². The largest absolute Gasteiger partial charge is 0.465 e. The van der Waals surface area contributed by atoms with Crippen LogP contribution in [0, 0.1) is 17.2 Å². The van der Waals surface area contributed by atoms with Crippen LogP contribution >= 0.6 is 0 Å². The van der Waals surface area contributed by atoms with Crippen molar-refractivity contribution in [2.45, 2.75) is 12.3 Å². The average Bonchev–Trinajstić information content (AvgIpc) is 2.50. The number of hydrogen-bond acceptors (Lipinski definition) is 5. The lowest BCUT2D eigenvalue weighted by atomic mass is 9.71. The van der Waals surface area contributed by atoms with E-state index in [1.165, 1.54) is 12.5 Å². The van der Waals surface area contributed by atoms with E-state index in [-0.39, 0.29) is 6.61 Å². The second kappa shape index (κ2) is 6.02. The second-order valence-corrected chi connectivity index (χ2v) is 4.26. The van der Waals surface area contributed by atoms with E-state index in [9.17, 15) is 10.1 Å². The molecule has 20 heavy (non-hydrogen) atoms. The molecule has 0 spiro atoms. The third-order valence-electron chi connectivity index (χ3n) is 3.13. The zero-order valence-electron chi connectivity index (χ0n) is 11.0. The maximum atomic E-state index is 12.1. The van der Waals surface area contributed by atoms with Gasteiger partial charge in [0.15, 0.2) is 5.92 Å². The highest BCUT2D eigenvalue weighted by molar-refractivity contribution is 5.89. The molecule has 0 fully saturated rings. The van der Waals surface area contributed by atoms with E-state index < -0.39 is 17.3 Å². The van der Waals surface area contributed by atoms with E-state index in [1.807, 2.05) is 36.4 Å². The summed E-state index contributed by atoms with van der Waals surface area (Å²) < 4.78 is 5.00. The Morgan fingerprint density at radius 1 is 1.50 bits per heavy atom. The van der Waals surface area contributed by atoms with Gasteiger partial charge in [-0.3, -0.25) is 4.79 Å². The van der Waals surface area contributed by atoms with Crippen molar-refractivity contribution in [1.29, 1.82) is 5.26 Å². The monoisotopic (exact) mass is 270 g/mol. The van der Waals surface area contributed by atoms with Crippen molar-refractivity contribution < 1.29 is 14.4 Å². The summed E-state index contributed by atoms with van der Waals surface area (Å²) >= 11 is 0. The third kappa shape index (κ3) is 2.41. The first-order valence-electron chi connectivity index (χ1n) is 6.24. The summed E-state index contributed by atoms with van der Waals surface area (Å²) in [4.78, 5) is 16.9. The summed E-state index contributed by atoms with van der Waals surface area (Å²) in [6, 6.07) is 11.2. The Balaban J connectivity index is 2.50. The van der Waals surface area contributed by atoms with Gasteiger partial charge in [0.1, 0.15) is 6.26 Å². The highest BCUT2D eigenvalue weighted by Gasteiger charge is 2.44. The highest BCUT2D eigenvalue weighted by Crippen LogP contribution is 2.35. The summed E-state index contributed by atoms with van der Waals surface area (Å²) in [5, 5.41) is 13.2. The molecule has 5 heteroatoms. The fourth-order valence-electron chi connectivity index (χ4n) is 2.15. The summed E-state index contributed by atoms with van der Waals surface area (Å²) in [5.41, 5.74) is -0.191. The molecule has 0 N–H and O–H groups in total. The number of nitrogens with zero attached hydrogens (tertiary/aromatic N) is 2. The Morgan fingerprint density at radius 3 is 2.80 bits per heavy atom. The van der Waals surface area contributed by atoms with Gasteiger partial charge in [0.2, 0.25) is 0 Å². The Kier molecular flexibility index (Phi) is 4.16. The number of allylic oxidation sites excluding steroid dienone is 1. The second-order valence-electron chi connectivity index (χ2n) is 4.26. The van der Waals surface area contributed by atoms with Crippen molar-refractivity contribution in [3.05, 3.63) is 48.2 Å². The lowest BCUT2D eigenvalue weighted by Gasteiger charge is -2.31. The predicted molar refractivity (Wildman–Crippen MR) is 72.6 cm³/mol. The van der Waals surface area contributed by atoms with E-state index in [2.05, 4.69) is 5.16 Å². The minimum Gasteiger partial charge on any atom is -0.465 e. The van der Waals surface area contributed by atoms with E-state index in [0.717, 1.165) is 5.56 Å². The molecular formula is C15H14N2O3. The number of esters is 1. The minimum absolute atomic E-state index is 0.221. The van der Waals surface area contributed by atoms with Gasteiger partial charge in [-0.2, -0.15) is 5.26 Å². The molecular weight excluding hydrogens is 256 g/mol. The first-order chi connectivity index (χ1) is 9.74. The van der Waals surface area contributed by atoms with Crippen LogP contribution in [0.3, 0.4) is 0 Å². The van der Waals surface area contributed by atoms with Crippen LogP contribution in [0.25, 0.3) is 0 Å². The average molecular weight is 270 g/mol. The van der Waals surface area contributed by atoms with E-state index in [1.54, 1.807) is 13.0 Å². The number of carbonyl (C=O) groups is 1. The van der Waals surface area contributed by atoms with Crippen LogP contribution in [-0.2, 0) is 19.8 Å². The van der Waals surface area contributed by atoms with Crippen LogP contribution in [-0.4, -0.2) is 18.8 Å². The summed E-state index contributed by atoms with van der Waals surface area (Å²) in [6.45, 7) is 1.93. The SMILES string of the molecule is CCOC(=O)C(C#N)C1(c2ccccc2)C=CON=C1. The molecule has 2 unspecified atom stereocenters. The molecule has 0 radical (unpaired) electrons. The lowest BCUT2D eigenvalue weighted by Crippen LogP contribution is -2.41. The molecule has 0 bridgehead atoms. The topological polar surface area (TPSA) is 71.7 Å². The molecule has 1 heterocycles. The third-order valence-corrected chi connectivity index (χ3v) is 3.13. The molecule has 2 atom stereocenters. The van der Waals surface area contributed by atoms with Crippen molar-refractivity contribution in [2.24, 2.45) is 11.1 Å². The Hall–Kier alpha value is -2.61. The summed E-state index contributed by atoms with van der Waals surface area (Å²) in [7, 11) is 0. The van der Waals surface area contributed by atoms with Crippen LogP contribution in [0.4, 0.5) is 0 Å². The predicted octanol–water partition coefficient (Wildman–Crippen LogP) is 2.16. The lowest BCUT2D eigenvalue weighted by molar-refractivity contribution is -0.146. The van der Waals surface area contributed by atoms with Crippen molar-refractivity contribution in [3.8, 4) is 6.07 Å². The van der Waals surface area contributed by atoms with E-state index in [0.29, 0.717) is 0 Å². The number of ether oxygens (including phenoxy) is 1. The quantitative estimate of drug-likeness (QED) is 0.786. The molecule has 0 aromatic heterocycles. The standard InChI is InChI=1S/C15H14N2O3/c1-2-19-14(18)13(10-16)15(8-9-20-17-11-15)12-6-4-3-5-7-12/h3-9,11,13H,2H2,1H3. The number of nitriles is 1. The fourth-order valence-corrected chi connectivity index (χ4v) is 2.15. The number of benzene rings is 1. The van der Waals surface area contributed by atoms with Crippen LogP contribution in [0.2, 0.25) is 0 Å². The molecule has 1 aromatic rings. The van der Waals surface area contributed by atoms with Crippen LogP contribution in [0.1, 0.15) is 12.5 Å². The molecule has 0 amide bonds. The molecule has 2 rings (SSSR count). The number of hydrogen-bond donors (Lipinski definition) is 0. The molecule has 1 aliphatic rings. The van der Waals surface area contributed by atoms with Gasteiger partial charge in [-0.05, 0) is 18.6 Å². The Bertz CT molecular complexity index is 561. The number of rotatable bonds is 4.